The fourth-order valence-electron chi connectivity index (χ4n) is 13.7. The van der Waals surface area contributed by atoms with E-state index >= 15 is 0 Å². The molecule has 1 spiro atoms. The zero-order valence-corrected chi connectivity index (χ0v) is 46.6. The summed E-state index contributed by atoms with van der Waals surface area (Å²) in [6, 6.07) is 7.94. The van der Waals surface area contributed by atoms with Crippen molar-refractivity contribution in [2.45, 2.75) is 220 Å². The topological polar surface area (TPSA) is 249 Å². The molecule has 10 heterocycles. The second-order valence-corrected chi connectivity index (χ2v) is 24.0. The van der Waals surface area contributed by atoms with Crippen LogP contribution in [0.15, 0.2) is 54.6 Å². The van der Waals surface area contributed by atoms with Gasteiger partial charge in [0.15, 0.2) is 5.79 Å². The van der Waals surface area contributed by atoms with Gasteiger partial charge in [-0.2, -0.15) is 0 Å². The molecule has 434 valence electrons. The first-order valence-electron chi connectivity index (χ1n) is 28.8. The number of carbonyl (C=O) groups is 5. The zero-order valence-electron chi connectivity index (χ0n) is 45.8. The van der Waals surface area contributed by atoms with Gasteiger partial charge in [0.2, 0.25) is 29.5 Å². The van der Waals surface area contributed by atoms with Gasteiger partial charge in [-0.15, -0.1) is 0 Å². The van der Waals surface area contributed by atoms with Crippen molar-refractivity contribution in [3.8, 4) is 0 Å². The SMILES string of the molecule is C=C1C[C@@H]2CC[C@@]34CC5OC6C(O[C@H]7CC[C@H](CC(=S)C[C@@H]8[C@@H](OC)[C@@H](C[C@H](O)CNC(=O)CNC(=O)[C@H](Cc9ccccc9)NC(=O)CNC(=O)CNC(=O)CC)O[C@H]8C[C@H]8O[C@@H](CC[C@@H]1O2)C[C@@H](C)C8=C)O[C@@H]7[C@@H]6O3)[C@H]5O4. The van der Waals surface area contributed by atoms with Crippen molar-refractivity contribution in [1.29, 1.82) is 0 Å². The lowest BCUT2D eigenvalue weighted by molar-refractivity contribution is -0.292. The van der Waals surface area contributed by atoms with Crippen LogP contribution >= 0.6 is 12.2 Å². The molecule has 1 aromatic carbocycles. The maximum atomic E-state index is 13.5. The minimum atomic E-state index is -1.09. The molecule has 10 aliphatic rings. The lowest BCUT2D eigenvalue weighted by Gasteiger charge is -2.47. The van der Waals surface area contributed by atoms with Crippen molar-refractivity contribution in [1.82, 2.24) is 26.6 Å². The van der Waals surface area contributed by atoms with Gasteiger partial charge in [0.05, 0.1) is 86.8 Å². The highest BCUT2D eigenvalue weighted by Gasteiger charge is 2.69. The van der Waals surface area contributed by atoms with E-state index in [0.717, 1.165) is 66.5 Å². The Bertz CT molecular complexity index is 2420. The molecule has 0 radical (unpaired) electrons. The summed E-state index contributed by atoms with van der Waals surface area (Å²) in [5.74, 6) is -3.52. The number of benzene rings is 1. The molecule has 10 aliphatic heterocycles. The second-order valence-electron chi connectivity index (χ2n) is 23.4. The molecule has 0 saturated carbocycles. The van der Waals surface area contributed by atoms with Crippen molar-refractivity contribution in [3.63, 3.8) is 0 Å². The Morgan fingerprint density at radius 1 is 0.722 bits per heavy atom. The maximum Gasteiger partial charge on any atom is 0.243 e. The number of nitrogens with one attached hydrogen (secondary N) is 5. The molecular weight excluding hydrogens is 1040 g/mol. The van der Waals surface area contributed by atoms with Gasteiger partial charge < -0.3 is 74.3 Å². The summed E-state index contributed by atoms with van der Waals surface area (Å²) in [6.45, 7) is 11.6. The normalized spacial score (nSPS) is 38.4. The van der Waals surface area contributed by atoms with Gasteiger partial charge in [0.25, 0.3) is 0 Å². The van der Waals surface area contributed by atoms with E-state index in [1.54, 1.807) is 38.3 Å². The number of aliphatic hydroxyl groups is 1. The number of rotatable bonds is 16. The van der Waals surface area contributed by atoms with E-state index in [2.05, 4.69) is 46.7 Å². The molecule has 11 rings (SSSR count). The van der Waals surface area contributed by atoms with Crippen LogP contribution in [0.3, 0.4) is 0 Å². The first-order chi connectivity index (χ1) is 38.0. The summed E-state index contributed by atoms with van der Waals surface area (Å²) < 4.78 is 61.2. The van der Waals surface area contributed by atoms with E-state index in [-0.39, 0.29) is 129 Å². The molecule has 0 aliphatic carbocycles. The van der Waals surface area contributed by atoms with Crippen molar-refractivity contribution < 1.29 is 71.7 Å². The fourth-order valence-corrected chi connectivity index (χ4v) is 14.1. The number of hydrogen-bond donors (Lipinski definition) is 6. The average Bonchev–Trinajstić information content (AvgIpc) is 3.60. The third-order valence-corrected chi connectivity index (χ3v) is 18.1. The highest BCUT2D eigenvalue weighted by Crippen LogP contribution is 2.54. The van der Waals surface area contributed by atoms with Crippen LogP contribution in [0.4, 0.5) is 0 Å². The predicted octanol–water partition coefficient (Wildman–Crippen LogP) is 2.88. The fraction of sp³-hybridized carbons (Fsp3) is 0.724. The van der Waals surface area contributed by atoms with Crippen molar-refractivity contribution in [2.24, 2.45) is 11.8 Å². The van der Waals surface area contributed by atoms with Gasteiger partial charge in [-0.1, -0.05) is 69.6 Å². The summed E-state index contributed by atoms with van der Waals surface area (Å²) >= 11 is 6.28. The smallest absolute Gasteiger partial charge is 0.243 e. The lowest BCUT2D eigenvalue weighted by atomic mass is 9.81. The quantitative estimate of drug-likeness (QED) is 0.103. The molecule has 6 N–H and O–H groups in total. The molecule has 1 aromatic rings. The molecule has 79 heavy (non-hydrogen) atoms. The minimum absolute atomic E-state index is 0.00439. The molecule has 20 atom stereocenters. The zero-order chi connectivity index (χ0) is 55.5. The van der Waals surface area contributed by atoms with Crippen LogP contribution in [0.2, 0.25) is 0 Å². The van der Waals surface area contributed by atoms with Crippen molar-refractivity contribution >= 4 is 46.6 Å². The van der Waals surface area contributed by atoms with Crippen LogP contribution < -0.4 is 26.6 Å². The van der Waals surface area contributed by atoms with Crippen LogP contribution in [-0.4, -0.2) is 182 Å². The number of ether oxygens (including phenoxy) is 9. The number of fused-ring (bicyclic) bond motifs is 6. The molecular formula is C58H81N5O15S. The Labute approximate surface area is 468 Å². The minimum Gasteiger partial charge on any atom is -0.391 e. The van der Waals surface area contributed by atoms with Crippen LogP contribution in [-0.2, 0) is 73.0 Å². The van der Waals surface area contributed by atoms with Gasteiger partial charge in [-0.3, -0.25) is 24.0 Å². The summed E-state index contributed by atoms with van der Waals surface area (Å²) in [7, 11) is 1.64. The van der Waals surface area contributed by atoms with Gasteiger partial charge in [0.1, 0.15) is 36.6 Å². The number of amides is 5. The number of thiocarbonyl (C=S) groups is 1. The van der Waals surface area contributed by atoms with Gasteiger partial charge in [0, 0.05) is 64.5 Å². The Balaban J connectivity index is 0.782. The van der Waals surface area contributed by atoms with E-state index < -0.39 is 66.9 Å². The van der Waals surface area contributed by atoms with Crippen LogP contribution in [0.25, 0.3) is 0 Å². The van der Waals surface area contributed by atoms with Gasteiger partial charge in [-0.25, -0.2) is 0 Å². The van der Waals surface area contributed by atoms with Crippen LogP contribution in [0, 0.1) is 11.8 Å². The first kappa shape index (κ1) is 58.0. The molecule has 20 nitrogen and oxygen atoms in total. The van der Waals surface area contributed by atoms with Crippen molar-refractivity contribution in [2.75, 3.05) is 33.3 Å². The summed E-state index contributed by atoms with van der Waals surface area (Å²) in [5, 5.41) is 24.4. The van der Waals surface area contributed by atoms with E-state index in [1.807, 2.05) is 6.07 Å². The molecule has 12 bridgehead atoms. The Morgan fingerprint density at radius 3 is 2.22 bits per heavy atom. The molecule has 0 aromatic heterocycles. The predicted molar refractivity (Wildman–Crippen MR) is 289 cm³/mol. The first-order valence-corrected chi connectivity index (χ1v) is 29.2. The highest BCUT2D eigenvalue weighted by atomic mass is 32.1. The summed E-state index contributed by atoms with van der Waals surface area (Å²) in [6.07, 6.45) is 4.20. The molecule has 21 heteroatoms. The van der Waals surface area contributed by atoms with Crippen LogP contribution in [0.5, 0.6) is 0 Å². The molecule has 5 amide bonds. The summed E-state index contributed by atoms with van der Waals surface area (Å²) in [4.78, 5) is 64.2. The Kier molecular flexibility index (Phi) is 18.7. The number of methoxy groups -OCH3 is 1. The van der Waals surface area contributed by atoms with E-state index in [9.17, 15) is 29.1 Å². The maximum absolute atomic E-state index is 13.5. The average molecular weight is 1120 g/mol. The number of aliphatic hydroxyl groups excluding tert-OH is 1. The van der Waals surface area contributed by atoms with E-state index in [1.165, 1.54) is 0 Å². The van der Waals surface area contributed by atoms with Crippen molar-refractivity contribution in [3.05, 3.63) is 60.2 Å². The largest absolute Gasteiger partial charge is 0.391 e. The van der Waals surface area contributed by atoms with E-state index in [4.69, 9.17) is 54.8 Å². The van der Waals surface area contributed by atoms with Gasteiger partial charge >= 0.3 is 0 Å². The number of carbonyl (C=O) groups excluding carboxylic acids is 5. The van der Waals surface area contributed by atoms with E-state index in [0.29, 0.717) is 32.1 Å². The molecule has 10 fully saturated rings. The van der Waals surface area contributed by atoms with Gasteiger partial charge in [-0.05, 0) is 78.9 Å². The Hall–Kier alpha value is -4.26. The third kappa shape index (κ3) is 13.7. The second kappa shape index (κ2) is 25.5. The molecule has 3 unspecified atom stereocenters. The monoisotopic (exact) mass is 1120 g/mol. The van der Waals surface area contributed by atoms with Crippen LogP contribution in [0.1, 0.15) is 109 Å². The molecule has 10 saturated heterocycles. The number of hydrogen-bond acceptors (Lipinski definition) is 16. The standard InChI is InChI=1S/C58H81N5O15S/c1-6-47(65)60-27-48(66)61-29-50(68)63-40(20-33-10-8-7-9-11-33)57(69)62-28-49(67)59-26-34(64)21-45-51(70-5)39-23-38(79)22-36-13-15-42-52(73-36)56-55-54(75-42)53-46(76-55)25-58(77-53,78-56)17-16-37-19-31(3)41(71-37)14-12-35-18-30(2)32(4)43(72-35)24-44(39)74-45/h7-11,30,34-37,39-46,51-56,64H,3-4,6,12-29H2,1-2,5H3,(H,59,67)(H,60,65)(H,61,66)(H,62,69)(H,63,68)/t30-,34+,35+,36-,37+,39+,40+,41+,42+,43-,44+,45-,46?,51-,52+,53+,54?,55?,56+,58+/m1/s1. The highest BCUT2D eigenvalue weighted by molar-refractivity contribution is 7.80. The Morgan fingerprint density at radius 2 is 1.42 bits per heavy atom. The third-order valence-electron chi connectivity index (χ3n) is 17.8. The summed E-state index contributed by atoms with van der Waals surface area (Å²) in [5.41, 5.74) is 2.87. The lowest BCUT2D eigenvalue weighted by Crippen LogP contribution is -2.61.